The van der Waals surface area contributed by atoms with E-state index in [1.807, 2.05) is 0 Å². The van der Waals surface area contributed by atoms with Crippen LogP contribution in [0.15, 0.2) is 24.3 Å². The second kappa shape index (κ2) is 5.61. The van der Waals surface area contributed by atoms with Crippen molar-refractivity contribution in [3.05, 3.63) is 35.4 Å². The maximum Gasteiger partial charge on any atom is 0.416 e. The molecule has 0 aromatic heterocycles. The number of hydrogen-bond acceptors (Lipinski definition) is 2. The third-order valence-corrected chi connectivity index (χ3v) is 4.62. The zero-order valence-electron chi connectivity index (χ0n) is 12.2. The molecule has 0 radical (unpaired) electrons. The summed E-state index contributed by atoms with van der Waals surface area (Å²) in [6, 6.07) is 6.64. The highest BCUT2D eigenvalue weighted by Crippen LogP contribution is 2.36. The van der Waals surface area contributed by atoms with Crippen LogP contribution in [0.5, 0.6) is 0 Å². The third kappa shape index (κ3) is 3.40. The van der Waals surface area contributed by atoms with E-state index in [1.54, 1.807) is 12.1 Å². The number of alkyl halides is 3. The first-order valence-corrected chi connectivity index (χ1v) is 7.57. The van der Waals surface area contributed by atoms with Gasteiger partial charge in [0.2, 0.25) is 0 Å². The summed E-state index contributed by atoms with van der Waals surface area (Å²) in [7, 11) is 0. The highest BCUT2D eigenvalue weighted by molar-refractivity contribution is 5.29. The van der Waals surface area contributed by atoms with E-state index in [2.05, 4.69) is 17.1 Å². The Bertz CT molecular complexity index is 497. The smallest absolute Gasteiger partial charge is 0.311 e. The molecule has 1 saturated carbocycles. The molecule has 5 heteroatoms. The van der Waals surface area contributed by atoms with Gasteiger partial charge >= 0.3 is 6.18 Å². The molecular weight excluding hydrogens is 277 g/mol. The van der Waals surface area contributed by atoms with Crippen molar-refractivity contribution in [2.24, 2.45) is 5.92 Å². The first kappa shape index (κ1) is 14.9. The number of halogens is 3. The topological polar surface area (TPSA) is 15.3 Å². The van der Waals surface area contributed by atoms with Gasteiger partial charge in [-0.15, -0.1) is 0 Å². The lowest BCUT2D eigenvalue weighted by Crippen LogP contribution is -2.55. The second-order valence-corrected chi connectivity index (χ2v) is 6.29. The van der Waals surface area contributed by atoms with Gasteiger partial charge in [-0.25, -0.2) is 0 Å². The Balaban J connectivity index is 1.75. The van der Waals surface area contributed by atoms with Gasteiger partial charge in [0.15, 0.2) is 0 Å². The van der Waals surface area contributed by atoms with E-state index >= 15 is 0 Å². The zero-order chi connectivity index (χ0) is 15.0. The lowest BCUT2D eigenvalue weighted by molar-refractivity contribution is -0.138. The summed E-state index contributed by atoms with van der Waals surface area (Å²) in [6.07, 6.45) is -1.78. The molecule has 116 valence electrons. The lowest BCUT2D eigenvalue weighted by Gasteiger charge is -2.39. The van der Waals surface area contributed by atoms with Crippen molar-refractivity contribution in [3.8, 4) is 0 Å². The van der Waals surface area contributed by atoms with E-state index < -0.39 is 11.7 Å². The fraction of sp³-hybridized carbons (Fsp3) is 0.625. The van der Waals surface area contributed by atoms with E-state index in [0.717, 1.165) is 19.0 Å². The molecule has 2 atom stereocenters. The van der Waals surface area contributed by atoms with Crippen LogP contribution in [-0.4, -0.2) is 30.1 Å². The molecule has 1 aliphatic heterocycles. The van der Waals surface area contributed by atoms with Gasteiger partial charge in [-0.05, 0) is 37.3 Å². The van der Waals surface area contributed by atoms with Gasteiger partial charge < -0.3 is 5.32 Å². The summed E-state index contributed by atoms with van der Waals surface area (Å²) in [6.45, 7) is 4.15. The number of piperazine rings is 1. The fourth-order valence-corrected chi connectivity index (χ4v) is 3.14. The van der Waals surface area contributed by atoms with Crippen LogP contribution in [0, 0.1) is 5.92 Å². The Morgan fingerprint density at radius 3 is 2.62 bits per heavy atom. The largest absolute Gasteiger partial charge is 0.416 e. The van der Waals surface area contributed by atoms with Crippen LogP contribution in [0.2, 0.25) is 0 Å². The quantitative estimate of drug-likeness (QED) is 0.921. The molecule has 1 aromatic rings. The molecular formula is C16H21F3N2. The zero-order valence-corrected chi connectivity index (χ0v) is 12.2. The molecule has 1 aromatic carbocycles. The standard InChI is InChI=1S/C16H21F3N2/c1-11-8-20-15(12-6-7-12)10-21(11)9-13-4-2-3-5-14(13)16(17,18)19/h2-5,11-12,15,20H,6-10H2,1H3. The highest BCUT2D eigenvalue weighted by atomic mass is 19.4. The van der Waals surface area contributed by atoms with Crippen molar-refractivity contribution in [1.29, 1.82) is 0 Å². The molecule has 1 aliphatic carbocycles. The second-order valence-electron chi connectivity index (χ2n) is 6.29. The third-order valence-electron chi connectivity index (χ3n) is 4.62. The van der Waals surface area contributed by atoms with E-state index in [0.29, 0.717) is 18.2 Å². The normalized spacial score (nSPS) is 27.8. The van der Waals surface area contributed by atoms with Crippen LogP contribution >= 0.6 is 0 Å². The average Bonchev–Trinajstić information content (AvgIpc) is 3.25. The van der Waals surface area contributed by atoms with Gasteiger partial charge in [0, 0.05) is 31.7 Å². The van der Waals surface area contributed by atoms with E-state index in [4.69, 9.17) is 0 Å². The molecule has 21 heavy (non-hydrogen) atoms. The van der Waals surface area contributed by atoms with E-state index in [1.165, 1.54) is 25.0 Å². The average molecular weight is 298 g/mol. The molecule has 2 unspecified atom stereocenters. The number of nitrogens with one attached hydrogen (secondary N) is 1. The van der Waals surface area contributed by atoms with Crippen molar-refractivity contribution >= 4 is 0 Å². The SMILES string of the molecule is CC1CNC(C2CC2)CN1Cc1ccccc1C(F)(F)F. The first-order chi connectivity index (χ1) is 9.95. The van der Waals surface area contributed by atoms with Gasteiger partial charge in [-0.3, -0.25) is 4.90 Å². The van der Waals surface area contributed by atoms with Crippen molar-refractivity contribution in [2.45, 2.75) is 44.6 Å². The molecule has 1 saturated heterocycles. The van der Waals surface area contributed by atoms with Crippen LogP contribution in [0.25, 0.3) is 0 Å². The molecule has 0 bridgehead atoms. The van der Waals surface area contributed by atoms with Crippen LogP contribution in [-0.2, 0) is 12.7 Å². The number of hydrogen-bond donors (Lipinski definition) is 1. The van der Waals surface area contributed by atoms with Crippen molar-refractivity contribution < 1.29 is 13.2 Å². The van der Waals surface area contributed by atoms with Crippen molar-refractivity contribution in [2.75, 3.05) is 13.1 Å². The van der Waals surface area contributed by atoms with Gasteiger partial charge in [0.25, 0.3) is 0 Å². The first-order valence-electron chi connectivity index (χ1n) is 7.57. The Morgan fingerprint density at radius 1 is 1.24 bits per heavy atom. The molecule has 2 fully saturated rings. The minimum Gasteiger partial charge on any atom is -0.311 e. The molecule has 1 N–H and O–H groups in total. The summed E-state index contributed by atoms with van der Waals surface area (Å²) >= 11 is 0. The Kier molecular flexibility index (Phi) is 3.97. The molecule has 0 amide bonds. The monoisotopic (exact) mass is 298 g/mol. The van der Waals surface area contributed by atoms with Crippen molar-refractivity contribution in [3.63, 3.8) is 0 Å². The summed E-state index contributed by atoms with van der Waals surface area (Å²) in [4.78, 5) is 2.18. The predicted molar refractivity (Wildman–Crippen MR) is 75.8 cm³/mol. The van der Waals surface area contributed by atoms with Gasteiger partial charge in [-0.1, -0.05) is 18.2 Å². The Labute approximate surface area is 123 Å². The number of nitrogens with zero attached hydrogens (tertiary/aromatic N) is 1. The van der Waals surface area contributed by atoms with Crippen LogP contribution in [0.1, 0.15) is 30.9 Å². The molecule has 3 rings (SSSR count). The van der Waals surface area contributed by atoms with Gasteiger partial charge in [-0.2, -0.15) is 13.2 Å². The van der Waals surface area contributed by atoms with Gasteiger partial charge in [0.1, 0.15) is 0 Å². The minimum absolute atomic E-state index is 0.265. The van der Waals surface area contributed by atoms with Crippen LogP contribution < -0.4 is 5.32 Å². The number of benzene rings is 1. The Hall–Kier alpha value is -1.07. The summed E-state index contributed by atoms with van der Waals surface area (Å²) in [5, 5.41) is 3.53. The summed E-state index contributed by atoms with van der Waals surface area (Å²) in [5.74, 6) is 0.720. The predicted octanol–water partition coefficient (Wildman–Crippen LogP) is 3.28. The molecule has 2 nitrogen and oxygen atoms in total. The molecule has 1 heterocycles. The minimum atomic E-state index is -4.27. The van der Waals surface area contributed by atoms with Crippen molar-refractivity contribution in [1.82, 2.24) is 10.2 Å². The van der Waals surface area contributed by atoms with Crippen LogP contribution in [0.3, 0.4) is 0 Å². The summed E-state index contributed by atoms with van der Waals surface area (Å²) < 4.78 is 39.3. The number of rotatable bonds is 3. The van der Waals surface area contributed by atoms with E-state index in [9.17, 15) is 13.2 Å². The maximum atomic E-state index is 13.1. The van der Waals surface area contributed by atoms with Gasteiger partial charge in [0.05, 0.1) is 5.56 Å². The molecule has 2 aliphatic rings. The fourth-order valence-electron chi connectivity index (χ4n) is 3.14. The highest BCUT2D eigenvalue weighted by Gasteiger charge is 2.37. The Morgan fingerprint density at radius 2 is 1.95 bits per heavy atom. The lowest BCUT2D eigenvalue weighted by atomic mass is 10.0. The van der Waals surface area contributed by atoms with Crippen LogP contribution in [0.4, 0.5) is 13.2 Å². The van der Waals surface area contributed by atoms with E-state index in [-0.39, 0.29) is 6.04 Å². The summed E-state index contributed by atoms with van der Waals surface area (Å²) in [5.41, 5.74) is -0.119. The molecule has 0 spiro atoms. The maximum absolute atomic E-state index is 13.1.